The molecule has 3 rings (SSSR count). The van der Waals surface area contributed by atoms with E-state index in [1.54, 1.807) is 6.92 Å². The van der Waals surface area contributed by atoms with Crippen molar-refractivity contribution >= 4 is 11.8 Å². The topological polar surface area (TPSA) is 63.6 Å². The maximum Gasteiger partial charge on any atom is 0.309 e. The number of allylic oxidation sites excluding steroid dienone is 7. The quantitative estimate of drug-likeness (QED) is 0.485. The van der Waals surface area contributed by atoms with Crippen molar-refractivity contribution in [3.8, 4) is 0 Å². The highest BCUT2D eigenvalue weighted by Crippen LogP contribution is 2.48. The van der Waals surface area contributed by atoms with Gasteiger partial charge in [-0.1, -0.05) is 55.9 Å². The van der Waals surface area contributed by atoms with E-state index in [4.69, 9.17) is 4.74 Å². The fourth-order valence-electron chi connectivity index (χ4n) is 5.41. The molecule has 4 nitrogen and oxygen atoms in total. The minimum atomic E-state index is -0.999. The molecule has 1 aliphatic heterocycles. The van der Waals surface area contributed by atoms with Gasteiger partial charge in [-0.15, -0.1) is 0 Å². The van der Waals surface area contributed by atoms with E-state index in [1.807, 2.05) is 18.2 Å². The second-order valence-electron chi connectivity index (χ2n) is 9.16. The zero-order chi connectivity index (χ0) is 21.1. The first-order chi connectivity index (χ1) is 13.8. The third-order valence-corrected chi connectivity index (χ3v) is 6.66. The van der Waals surface area contributed by atoms with Crippen LogP contribution in [0.5, 0.6) is 0 Å². The molecule has 4 heteroatoms. The molecule has 0 spiro atoms. The van der Waals surface area contributed by atoms with Crippen LogP contribution >= 0.6 is 0 Å². The number of ether oxygens (including phenoxy) is 1. The summed E-state index contributed by atoms with van der Waals surface area (Å²) >= 11 is 0. The Labute approximate surface area is 174 Å². The van der Waals surface area contributed by atoms with Crippen molar-refractivity contribution in [3.63, 3.8) is 0 Å². The van der Waals surface area contributed by atoms with Gasteiger partial charge in [-0.3, -0.25) is 9.59 Å². The van der Waals surface area contributed by atoms with Crippen molar-refractivity contribution in [2.45, 2.75) is 59.2 Å². The first kappa shape index (κ1) is 21.8. The molecular weight excluding hydrogens is 364 g/mol. The summed E-state index contributed by atoms with van der Waals surface area (Å²) in [5.74, 6) is 0.645. The summed E-state index contributed by atoms with van der Waals surface area (Å²) < 4.78 is 5.30. The molecule has 0 bridgehead atoms. The van der Waals surface area contributed by atoms with Crippen molar-refractivity contribution in [1.29, 1.82) is 0 Å². The van der Waals surface area contributed by atoms with Crippen LogP contribution in [-0.2, 0) is 14.3 Å². The summed E-state index contributed by atoms with van der Waals surface area (Å²) in [6.45, 7) is 8.30. The molecule has 0 saturated heterocycles. The fourth-order valence-corrected chi connectivity index (χ4v) is 5.41. The lowest BCUT2D eigenvalue weighted by atomic mass is 9.58. The third-order valence-electron chi connectivity index (χ3n) is 6.66. The monoisotopic (exact) mass is 398 g/mol. The Morgan fingerprint density at radius 2 is 1.66 bits per heavy atom. The van der Waals surface area contributed by atoms with E-state index < -0.39 is 12.1 Å². The summed E-state index contributed by atoms with van der Waals surface area (Å²) in [4.78, 5) is 25.5. The van der Waals surface area contributed by atoms with Gasteiger partial charge < -0.3 is 9.84 Å². The largest absolute Gasteiger partial charge is 0.458 e. The van der Waals surface area contributed by atoms with E-state index in [-0.39, 0.29) is 48.4 Å². The minimum absolute atomic E-state index is 0.00337. The predicted molar refractivity (Wildman–Crippen MR) is 114 cm³/mol. The summed E-state index contributed by atoms with van der Waals surface area (Å²) in [7, 11) is 0. The van der Waals surface area contributed by atoms with Crippen LogP contribution in [0.2, 0.25) is 0 Å². The molecule has 8 unspecified atom stereocenters. The van der Waals surface area contributed by atoms with Gasteiger partial charge in [-0.25, -0.2) is 0 Å². The normalized spacial score (nSPS) is 41.1. The number of aliphatic hydroxyl groups is 1. The van der Waals surface area contributed by atoms with Crippen molar-refractivity contribution in [2.24, 2.45) is 35.5 Å². The molecule has 8 atom stereocenters. The summed E-state index contributed by atoms with van der Waals surface area (Å²) in [5.41, 5.74) is 1.38. The molecule has 0 aromatic rings. The average Bonchev–Trinajstić information content (AvgIpc) is 2.62. The Morgan fingerprint density at radius 3 is 2.41 bits per heavy atom. The Balaban J connectivity index is 1.95. The van der Waals surface area contributed by atoms with Crippen LogP contribution in [0.25, 0.3) is 0 Å². The molecule has 1 heterocycles. The van der Waals surface area contributed by atoms with Crippen LogP contribution in [0.1, 0.15) is 47.0 Å². The molecule has 1 N–H and O–H groups in total. The number of hydrogen-bond acceptors (Lipinski definition) is 4. The van der Waals surface area contributed by atoms with Gasteiger partial charge in [0, 0.05) is 12.3 Å². The van der Waals surface area contributed by atoms with Gasteiger partial charge in [0.15, 0.2) is 0 Å². The minimum Gasteiger partial charge on any atom is -0.458 e. The number of esters is 1. The zero-order valence-corrected chi connectivity index (χ0v) is 18.0. The van der Waals surface area contributed by atoms with Gasteiger partial charge in [0.25, 0.3) is 0 Å². The number of Topliss-reactive ketones (excluding diaryl/α,β-unsaturated/α-hetero) is 1. The second-order valence-corrected chi connectivity index (χ2v) is 9.16. The summed E-state index contributed by atoms with van der Waals surface area (Å²) in [6.07, 6.45) is 14.1. The van der Waals surface area contributed by atoms with E-state index in [2.05, 4.69) is 45.1 Å². The third kappa shape index (κ3) is 5.16. The summed E-state index contributed by atoms with van der Waals surface area (Å²) in [5, 5.41) is 10.4. The van der Waals surface area contributed by atoms with Crippen molar-refractivity contribution in [1.82, 2.24) is 0 Å². The SMILES string of the molecule is CC1=CC(C)C2C(C=CC3C(C)C=CC=CC(C)OC(=O)CC(O)CC(=O)C32)C1. The van der Waals surface area contributed by atoms with Crippen LogP contribution in [-0.4, -0.2) is 29.1 Å². The van der Waals surface area contributed by atoms with E-state index in [1.165, 1.54) is 5.57 Å². The second kappa shape index (κ2) is 9.25. The molecule has 0 amide bonds. The van der Waals surface area contributed by atoms with Gasteiger partial charge in [0.05, 0.1) is 12.5 Å². The highest BCUT2D eigenvalue weighted by Gasteiger charge is 2.45. The molecule has 0 fully saturated rings. The van der Waals surface area contributed by atoms with Gasteiger partial charge in [0.2, 0.25) is 0 Å². The highest BCUT2D eigenvalue weighted by atomic mass is 16.5. The predicted octanol–water partition coefficient (Wildman–Crippen LogP) is 4.41. The zero-order valence-electron chi connectivity index (χ0n) is 18.0. The maximum atomic E-state index is 13.4. The number of hydrogen-bond donors (Lipinski definition) is 1. The van der Waals surface area contributed by atoms with E-state index in [0.717, 1.165) is 6.42 Å². The van der Waals surface area contributed by atoms with Gasteiger partial charge >= 0.3 is 5.97 Å². The van der Waals surface area contributed by atoms with Gasteiger partial charge in [0.1, 0.15) is 11.9 Å². The van der Waals surface area contributed by atoms with Gasteiger partial charge in [-0.05, 0) is 55.9 Å². The fraction of sp³-hybridized carbons (Fsp3) is 0.600. The maximum absolute atomic E-state index is 13.4. The molecule has 0 aromatic heterocycles. The Morgan fingerprint density at radius 1 is 0.931 bits per heavy atom. The summed E-state index contributed by atoms with van der Waals surface area (Å²) in [6, 6.07) is 0. The Bertz CT molecular complexity index is 744. The first-order valence-corrected chi connectivity index (χ1v) is 10.9. The highest BCUT2D eigenvalue weighted by molar-refractivity contribution is 5.83. The molecule has 0 radical (unpaired) electrons. The van der Waals surface area contributed by atoms with E-state index in [9.17, 15) is 14.7 Å². The molecule has 29 heavy (non-hydrogen) atoms. The Kier molecular flexibility index (Phi) is 6.94. The number of carbonyl (C=O) groups excluding carboxylic acids is 2. The molecule has 3 aliphatic rings. The molecule has 0 saturated carbocycles. The number of cyclic esters (lactones) is 1. The number of fused-ring (bicyclic) bond motifs is 3. The number of carbonyl (C=O) groups is 2. The molecule has 0 aromatic carbocycles. The van der Waals surface area contributed by atoms with Crippen LogP contribution in [0, 0.1) is 35.5 Å². The van der Waals surface area contributed by atoms with Gasteiger partial charge in [-0.2, -0.15) is 0 Å². The van der Waals surface area contributed by atoms with Crippen molar-refractivity contribution < 1.29 is 19.4 Å². The average molecular weight is 399 g/mol. The number of aliphatic hydroxyl groups excluding tert-OH is 1. The Hall–Kier alpha value is -1.94. The lowest BCUT2D eigenvalue weighted by Gasteiger charge is -2.45. The molecule has 158 valence electrons. The van der Waals surface area contributed by atoms with Crippen molar-refractivity contribution in [2.75, 3.05) is 0 Å². The van der Waals surface area contributed by atoms with Crippen LogP contribution in [0.4, 0.5) is 0 Å². The smallest absolute Gasteiger partial charge is 0.309 e. The van der Waals surface area contributed by atoms with Crippen LogP contribution in [0.15, 0.2) is 48.1 Å². The van der Waals surface area contributed by atoms with E-state index in [0.29, 0.717) is 11.8 Å². The van der Waals surface area contributed by atoms with E-state index >= 15 is 0 Å². The standard InChI is InChI=1S/C25H34O4/c1-15-11-17(3)24-19(12-15)9-10-21-16(2)7-5-6-8-18(4)29-23(28)14-20(26)13-22(27)25(21)24/h5-11,16-21,24-26H,12-14H2,1-4H3. The van der Waals surface area contributed by atoms with Crippen LogP contribution < -0.4 is 0 Å². The first-order valence-electron chi connectivity index (χ1n) is 10.9. The lowest BCUT2D eigenvalue weighted by molar-refractivity contribution is -0.148. The number of ketones is 1. The molecule has 2 aliphatic carbocycles. The van der Waals surface area contributed by atoms with Crippen molar-refractivity contribution in [3.05, 3.63) is 48.1 Å². The molecular formula is C25H34O4. The number of rotatable bonds is 0. The lowest BCUT2D eigenvalue weighted by Crippen LogP contribution is -2.44. The van der Waals surface area contributed by atoms with Crippen LogP contribution in [0.3, 0.4) is 0 Å².